The minimum atomic E-state index is -0.208. The minimum absolute atomic E-state index is 0.0484. The molecule has 1 aliphatic carbocycles. The number of anilines is 1. The van der Waals surface area contributed by atoms with E-state index in [1.165, 1.54) is 0 Å². The fourth-order valence-electron chi connectivity index (χ4n) is 3.27. The molecule has 1 heterocycles. The Morgan fingerprint density at radius 2 is 2.07 bits per heavy atom. The highest BCUT2D eigenvalue weighted by atomic mass is 16.5. The molecular weight excluding hydrogens is 366 g/mol. The number of ether oxygens (including phenoxy) is 1. The van der Waals surface area contributed by atoms with Crippen molar-refractivity contribution in [2.24, 2.45) is 0 Å². The summed E-state index contributed by atoms with van der Waals surface area (Å²) in [6.45, 7) is 6.18. The first-order valence-corrected chi connectivity index (χ1v) is 9.93. The first-order valence-electron chi connectivity index (χ1n) is 9.93. The third-order valence-electron chi connectivity index (χ3n) is 4.94. The standard InChI is InChI=1S/C22H25N5O2/c1-14(2)19-10-7-15(3)11-20(19)29-13-21(28)23-17-6-4-5-16(12-17)22-24-25-26-27(22)18-8-9-18/h4-7,10-12,14,18H,8-9,13H2,1-3H3,(H,23,28). The lowest BCUT2D eigenvalue weighted by molar-refractivity contribution is -0.118. The van der Waals surface area contributed by atoms with E-state index in [1.54, 1.807) is 0 Å². The molecule has 0 spiro atoms. The van der Waals surface area contributed by atoms with Gasteiger partial charge >= 0.3 is 0 Å². The Morgan fingerprint density at radius 1 is 1.24 bits per heavy atom. The maximum Gasteiger partial charge on any atom is 0.262 e. The number of rotatable bonds is 7. The zero-order chi connectivity index (χ0) is 20.4. The normalized spacial score (nSPS) is 13.5. The molecule has 1 N–H and O–H groups in total. The lowest BCUT2D eigenvalue weighted by Gasteiger charge is -2.15. The monoisotopic (exact) mass is 391 g/mol. The van der Waals surface area contributed by atoms with Crippen molar-refractivity contribution in [3.8, 4) is 17.1 Å². The molecule has 0 unspecified atom stereocenters. The van der Waals surface area contributed by atoms with Crippen LogP contribution in [-0.4, -0.2) is 32.7 Å². The summed E-state index contributed by atoms with van der Waals surface area (Å²) in [7, 11) is 0. The quantitative estimate of drug-likeness (QED) is 0.655. The predicted octanol–water partition coefficient (Wildman–Crippen LogP) is 4.12. The van der Waals surface area contributed by atoms with Crippen LogP contribution >= 0.6 is 0 Å². The van der Waals surface area contributed by atoms with Crippen molar-refractivity contribution >= 4 is 11.6 Å². The van der Waals surface area contributed by atoms with Gasteiger partial charge in [0.2, 0.25) is 0 Å². The molecule has 2 aromatic carbocycles. The van der Waals surface area contributed by atoms with Crippen LogP contribution in [0.4, 0.5) is 5.69 Å². The molecule has 0 aliphatic heterocycles. The average molecular weight is 391 g/mol. The molecule has 0 saturated heterocycles. The predicted molar refractivity (Wildman–Crippen MR) is 111 cm³/mol. The van der Waals surface area contributed by atoms with Crippen LogP contribution in [0.2, 0.25) is 0 Å². The van der Waals surface area contributed by atoms with Gasteiger partial charge < -0.3 is 10.1 Å². The molecule has 1 saturated carbocycles. The molecule has 3 aromatic rings. The number of carbonyl (C=O) groups is 1. The Morgan fingerprint density at radius 3 is 2.83 bits per heavy atom. The minimum Gasteiger partial charge on any atom is -0.483 e. The summed E-state index contributed by atoms with van der Waals surface area (Å²) in [5, 5.41) is 14.9. The maximum absolute atomic E-state index is 12.5. The molecule has 4 rings (SSSR count). The number of aromatic nitrogens is 4. The van der Waals surface area contributed by atoms with E-state index in [0.717, 1.165) is 41.1 Å². The van der Waals surface area contributed by atoms with Gasteiger partial charge in [0, 0.05) is 11.3 Å². The molecule has 7 heteroatoms. The van der Waals surface area contributed by atoms with E-state index in [2.05, 4.69) is 46.8 Å². The number of tetrazole rings is 1. The zero-order valence-electron chi connectivity index (χ0n) is 16.9. The smallest absolute Gasteiger partial charge is 0.262 e. The molecule has 0 bridgehead atoms. The Bertz CT molecular complexity index is 1020. The van der Waals surface area contributed by atoms with E-state index in [1.807, 2.05) is 41.9 Å². The highest BCUT2D eigenvalue weighted by molar-refractivity contribution is 5.92. The van der Waals surface area contributed by atoms with Gasteiger partial charge in [0.25, 0.3) is 5.91 Å². The summed E-state index contributed by atoms with van der Waals surface area (Å²) in [6, 6.07) is 14.0. The number of carbonyl (C=O) groups excluding carboxylic acids is 1. The van der Waals surface area contributed by atoms with Crippen LogP contribution in [0, 0.1) is 6.92 Å². The fraction of sp³-hybridized carbons (Fsp3) is 0.364. The molecule has 0 radical (unpaired) electrons. The van der Waals surface area contributed by atoms with Crippen LogP contribution in [0.3, 0.4) is 0 Å². The van der Waals surface area contributed by atoms with Crippen molar-refractivity contribution in [3.63, 3.8) is 0 Å². The first kappa shape index (κ1) is 19.1. The highest BCUT2D eigenvalue weighted by Gasteiger charge is 2.28. The molecule has 1 aliphatic rings. The number of hydrogen-bond donors (Lipinski definition) is 1. The van der Waals surface area contributed by atoms with Gasteiger partial charge in [0.05, 0.1) is 6.04 Å². The van der Waals surface area contributed by atoms with Gasteiger partial charge in [-0.05, 0) is 65.4 Å². The Kier molecular flexibility index (Phi) is 5.29. The van der Waals surface area contributed by atoms with Crippen molar-refractivity contribution < 1.29 is 9.53 Å². The number of benzene rings is 2. The van der Waals surface area contributed by atoms with E-state index in [4.69, 9.17) is 4.74 Å². The maximum atomic E-state index is 12.5. The second kappa shape index (κ2) is 8.03. The van der Waals surface area contributed by atoms with Crippen LogP contribution in [0.1, 0.15) is 49.8 Å². The van der Waals surface area contributed by atoms with Gasteiger partial charge in [-0.15, -0.1) is 5.10 Å². The van der Waals surface area contributed by atoms with E-state index in [-0.39, 0.29) is 12.5 Å². The third-order valence-corrected chi connectivity index (χ3v) is 4.94. The van der Waals surface area contributed by atoms with Gasteiger partial charge in [0.1, 0.15) is 5.75 Å². The summed E-state index contributed by atoms with van der Waals surface area (Å²) in [4.78, 5) is 12.5. The van der Waals surface area contributed by atoms with Gasteiger partial charge in [-0.1, -0.05) is 38.1 Å². The zero-order valence-corrected chi connectivity index (χ0v) is 16.9. The van der Waals surface area contributed by atoms with Gasteiger partial charge in [-0.25, -0.2) is 4.68 Å². The largest absolute Gasteiger partial charge is 0.483 e. The van der Waals surface area contributed by atoms with Gasteiger partial charge in [-0.2, -0.15) is 0 Å². The molecule has 1 amide bonds. The van der Waals surface area contributed by atoms with Crippen LogP contribution in [0.5, 0.6) is 5.75 Å². The summed E-state index contributed by atoms with van der Waals surface area (Å²) >= 11 is 0. The lowest BCUT2D eigenvalue weighted by atomic mass is 10.0. The molecule has 29 heavy (non-hydrogen) atoms. The number of aryl methyl sites for hydroxylation is 1. The second-order valence-corrected chi connectivity index (χ2v) is 7.79. The Hall–Kier alpha value is -3.22. The summed E-state index contributed by atoms with van der Waals surface area (Å²) < 4.78 is 7.68. The Balaban J connectivity index is 1.43. The van der Waals surface area contributed by atoms with Crippen LogP contribution in [-0.2, 0) is 4.79 Å². The van der Waals surface area contributed by atoms with Crippen LogP contribution in [0.15, 0.2) is 42.5 Å². The summed E-state index contributed by atoms with van der Waals surface area (Å²) in [5.41, 5.74) is 3.76. The van der Waals surface area contributed by atoms with Crippen molar-refractivity contribution in [1.82, 2.24) is 20.2 Å². The SMILES string of the molecule is Cc1ccc(C(C)C)c(OCC(=O)Nc2cccc(-c3nnnn3C3CC3)c2)c1. The van der Waals surface area contributed by atoms with E-state index in [9.17, 15) is 4.79 Å². The van der Waals surface area contributed by atoms with E-state index < -0.39 is 0 Å². The molecular formula is C22H25N5O2. The molecule has 1 aromatic heterocycles. The average Bonchev–Trinajstić information content (AvgIpc) is 3.42. The van der Waals surface area contributed by atoms with Crippen molar-refractivity contribution in [2.75, 3.05) is 11.9 Å². The lowest BCUT2D eigenvalue weighted by Crippen LogP contribution is -2.20. The summed E-state index contributed by atoms with van der Waals surface area (Å²) in [5.74, 6) is 1.59. The molecule has 1 fully saturated rings. The van der Waals surface area contributed by atoms with Gasteiger partial charge in [-0.3, -0.25) is 4.79 Å². The molecule has 150 valence electrons. The van der Waals surface area contributed by atoms with E-state index in [0.29, 0.717) is 17.6 Å². The Labute approximate surface area is 170 Å². The number of hydrogen-bond acceptors (Lipinski definition) is 5. The van der Waals surface area contributed by atoms with Crippen molar-refractivity contribution in [2.45, 2.75) is 45.6 Å². The number of amides is 1. The van der Waals surface area contributed by atoms with Crippen molar-refractivity contribution in [1.29, 1.82) is 0 Å². The molecule has 7 nitrogen and oxygen atoms in total. The van der Waals surface area contributed by atoms with Crippen LogP contribution < -0.4 is 10.1 Å². The van der Waals surface area contributed by atoms with E-state index >= 15 is 0 Å². The number of nitrogens with zero attached hydrogens (tertiary/aromatic N) is 4. The summed E-state index contributed by atoms with van der Waals surface area (Å²) in [6.07, 6.45) is 2.20. The van der Waals surface area contributed by atoms with Crippen molar-refractivity contribution in [3.05, 3.63) is 53.6 Å². The fourth-order valence-corrected chi connectivity index (χ4v) is 3.27. The topological polar surface area (TPSA) is 81.9 Å². The third kappa shape index (κ3) is 4.45. The second-order valence-electron chi connectivity index (χ2n) is 7.79. The van der Waals surface area contributed by atoms with Crippen LogP contribution in [0.25, 0.3) is 11.4 Å². The van der Waals surface area contributed by atoms with Gasteiger partial charge in [0.15, 0.2) is 12.4 Å². The molecule has 0 atom stereocenters. The highest BCUT2D eigenvalue weighted by Crippen LogP contribution is 2.36. The first-order chi connectivity index (χ1) is 14.0. The number of nitrogens with one attached hydrogen (secondary N) is 1.